The van der Waals surface area contributed by atoms with Gasteiger partial charge in [-0.2, -0.15) is 12.6 Å². The molecule has 0 saturated heterocycles. The van der Waals surface area contributed by atoms with E-state index in [1.807, 2.05) is 21.3 Å². The highest BCUT2D eigenvalue weighted by Gasteiger charge is 2.36. The summed E-state index contributed by atoms with van der Waals surface area (Å²) in [4.78, 5) is 174. The Morgan fingerprint density at radius 2 is 0.769 bits per heavy atom. The second kappa shape index (κ2) is 33.8. The number of hydrogen-bond acceptors (Lipinski definition) is 16. The number of urea groups is 2. The maximum atomic E-state index is 14.1. The molecular formula is C46H60N10O21S. The summed E-state index contributed by atoms with van der Waals surface area (Å²) in [6.45, 7) is -0.0852. The van der Waals surface area contributed by atoms with Crippen LogP contribution < -0.4 is 53.4 Å². The van der Waals surface area contributed by atoms with E-state index in [2.05, 4.69) is 44.7 Å². The van der Waals surface area contributed by atoms with Gasteiger partial charge < -0.3 is 78.3 Å². The molecule has 0 bridgehead atoms. The molecule has 32 heteroatoms. The third-order valence-electron chi connectivity index (χ3n) is 10.8. The SMILES string of the molecule is O=C(O)CC[C@H](NC(=O)N[C@@H](CCCCNC(=O)NN[C@@H](Cc1ccccc1)C(=O)N[C@@H](Cc1ccccc1)C(=O)N[C@@H](CC(=O)O)C(=O)N[C@@H](CC(=O)O)C(=O)N[C@@H](CC(=O)O)C(=O)N[C@@H](CS)C(=O)O)C(=O)O)C(=O)O. The van der Waals surface area contributed by atoms with Gasteiger partial charge in [0.1, 0.15) is 48.3 Å². The van der Waals surface area contributed by atoms with Crippen molar-refractivity contribution in [2.75, 3.05) is 12.3 Å². The molecule has 0 heterocycles. The molecule has 8 atom stereocenters. The lowest BCUT2D eigenvalue weighted by Crippen LogP contribution is -2.61. The number of carboxylic acid groups (broad SMARTS) is 7. The fourth-order valence-electron chi connectivity index (χ4n) is 6.83. The Morgan fingerprint density at radius 1 is 0.397 bits per heavy atom. The van der Waals surface area contributed by atoms with Gasteiger partial charge in [-0.15, -0.1) is 0 Å². The summed E-state index contributed by atoms with van der Waals surface area (Å²) in [5.41, 5.74) is 5.83. The summed E-state index contributed by atoms with van der Waals surface area (Å²) in [7, 11) is 0. The van der Waals surface area contributed by atoms with Crippen molar-refractivity contribution in [3.63, 3.8) is 0 Å². The van der Waals surface area contributed by atoms with Crippen molar-refractivity contribution >= 4 is 96.0 Å². The van der Waals surface area contributed by atoms with Crippen molar-refractivity contribution < 1.29 is 103 Å². The Balaban J connectivity index is 2.28. The number of thiol groups is 1. The molecule has 31 nitrogen and oxygen atoms in total. The first-order valence-electron chi connectivity index (χ1n) is 23.4. The number of carboxylic acids is 7. The average Bonchev–Trinajstić information content (AvgIpc) is 3.36. The molecule has 9 amide bonds. The largest absolute Gasteiger partial charge is 0.481 e. The van der Waals surface area contributed by atoms with E-state index in [-0.39, 0.29) is 38.6 Å². The molecule has 17 N–H and O–H groups in total. The standard InChI is InChI=1S/C46H60N10O21S/c57-33(58)15-14-26(43(72)73)54-46(77)53-25(42(70)71)13-7-8-16-47-45(76)56-55-31(18-24-11-5-2-6-12-24)41(69)48-27(17-23-9-3-1-4-10-23)37(65)49-28(19-34(59)60)38(66)50-29(20-35(61)62)39(67)51-30(21-36(63)64)40(68)52-32(22-78)44(74)75/h1-6,9-12,25-32,55,78H,7-8,13-22H2,(H,48,69)(H,49,65)(H,50,66)(H,51,67)(H,52,68)(H,57,58)(H,59,60)(H,61,62)(H,63,64)(H,70,71)(H,72,73)(H,74,75)(H2,47,56,76)(H2,53,54,77)/t25-,26-,27-,28-,29-,30-,31-,32-/m0/s1. The zero-order valence-corrected chi connectivity index (χ0v) is 42.1. The van der Waals surface area contributed by atoms with Gasteiger partial charge in [-0.25, -0.2) is 29.4 Å². The van der Waals surface area contributed by atoms with Crippen LogP contribution in [0.5, 0.6) is 0 Å². The van der Waals surface area contributed by atoms with Crippen molar-refractivity contribution in [3.8, 4) is 0 Å². The number of hydrogen-bond donors (Lipinski definition) is 18. The Labute approximate surface area is 447 Å². The number of aliphatic carboxylic acids is 7. The summed E-state index contributed by atoms with van der Waals surface area (Å²) in [6.07, 6.45) is -5.08. The lowest BCUT2D eigenvalue weighted by atomic mass is 10.0. The highest BCUT2D eigenvalue weighted by Crippen LogP contribution is 2.10. The van der Waals surface area contributed by atoms with E-state index < -0.39 is 170 Å². The number of nitrogens with one attached hydrogen (secondary N) is 10. The maximum absolute atomic E-state index is 14.1. The van der Waals surface area contributed by atoms with Gasteiger partial charge in [0, 0.05) is 25.1 Å². The summed E-state index contributed by atoms with van der Waals surface area (Å²) >= 11 is 3.79. The van der Waals surface area contributed by atoms with Crippen molar-refractivity contribution in [1.29, 1.82) is 0 Å². The van der Waals surface area contributed by atoms with Crippen LogP contribution in [0.25, 0.3) is 0 Å². The molecule has 0 spiro atoms. The van der Waals surface area contributed by atoms with Crippen molar-refractivity contribution in [2.45, 2.75) is 113 Å². The number of amides is 9. The molecule has 0 fully saturated rings. The maximum Gasteiger partial charge on any atom is 0.329 e. The molecule has 0 aliphatic heterocycles. The van der Waals surface area contributed by atoms with Gasteiger partial charge in [-0.3, -0.25) is 48.6 Å². The third kappa shape index (κ3) is 25.4. The zero-order chi connectivity index (χ0) is 58.5. The first kappa shape index (κ1) is 65.0. The van der Waals surface area contributed by atoms with Gasteiger partial charge in [-0.1, -0.05) is 60.7 Å². The van der Waals surface area contributed by atoms with Gasteiger partial charge in [-0.05, 0) is 43.2 Å². The first-order valence-corrected chi connectivity index (χ1v) is 24.1. The smallest absolute Gasteiger partial charge is 0.329 e. The van der Waals surface area contributed by atoms with Crippen LogP contribution in [-0.4, -0.2) is 180 Å². The molecule has 0 radical (unpaired) electrons. The normalized spacial score (nSPS) is 13.8. The number of carbonyl (C=O) groups is 14. The van der Waals surface area contributed by atoms with Crippen LogP contribution in [0.4, 0.5) is 9.59 Å². The number of hydrazine groups is 1. The third-order valence-corrected chi connectivity index (χ3v) is 11.1. The van der Waals surface area contributed by atoms with Crippen LogP contribution in [0.3, 0.4) is 0 Å². The minimum atomic E-state index is -2.17. The molecular weight excluding hydrogens is 1060 g/mol. The lowest BCUT2D eigenvalue weighted by Gasteiger charge is -2.26. The second-order valence-electron chi connectivity index (χ2n) is 16.9. The second-order valence-corrected chi connectivity index (χ2v) is 17.3. The summed E-state index contributed by atoms with van der Waals surface area (Å²) in [6, 6.07) is -0.0162. The Bertz CT molecular complexity index is 2470. The van der Waals surface area contributed by atoms with E-state index in [1.165, 1.54) is 0 Å². The van der Waals surface area contributed by atoms with Gasteiger partial charge in [0.2, 0.25) is 29.5 Å². The van der Waals surface area contributed by atoms with Crippen LogP contribution >= 0.6 is 12.6 Å². The van der Waals surface area contributed by atoms with Crippen molar-refractivity contribution in [1.82, 2.24) is 53.4 Å². The number of carbonyl (C=O) groups excluding carboxylic acids is 7. The first-order chi connectivity index (χ1) is 36.8. The van der Waals surface area contributed by atoms with E-state index in [0.717, 1.165) is 0 Å². The predicted octanol–water partition coefficient (Wildman–Crippen LogP) is -3.25. The van der Waals surface area contributed by atoms with E-state index in [1.54, 1.807) is 60.7 Å². The van der Waals surface area contributed by atoms with Gasteiger partial charge >= 0.3 is 53.8 Å². The molecule has 0 aliphatic carbocycles. The van der Waals surface area contributed by atoms with Crippen LogP contribution in [0.1, 0.15) is 62.5 Å². The molecule has 0 saturated carbocycles. The molecule has 2 aromatic carbocycles. The Hall–Kier alpha value is -9.07. The van der Waals surface area contributed by atoms with Crippen LogP contribution in [-0.2, 0) is 70.4 Å². The number of benzene rings is 2. The molecule has 78 heavy (non-hydrogen) atoms. The minimum absolute atomic E-state index is 0.0852. The zero-order valence-electron chi connectivity index (χ0n) is 41.2. The van der Waals surface area contributed by atoms with E-state index in [9.17, 15) is 97.8 Å². The summed E-state index contributed by atoms with van der Waals surface area (Å²) in [5, 5.41) is 82.8. The molecule has 2 aromatic rings. The van der Waals surface area contributed by atoms with Gasteiger partial charge in [0.05, 0.1) is 19.3 Å². The molecule has 0 unspecified atom stereocenters. The van der Waals surface area contributed by atoms with E-state index in [0.29, 0.717) is 11.1 Å². The van der Waals surface area contributed by atoms with Crippen molar-refractivity contribution in [2.24, 2.45) is 0 Å². The van der Waals surface area contributed by atoms with E-state index >= 15 is 0 Å². The fourth-order valence-corrected chi connectivity index (χ4v) is 7.08. The lowest BCUT2D eigenvalue weighted by molar-refractivity contribution is -0.145. The minimum Gasteiger partial charge on any atom is -0.481 e. The summed E-state index contributed by atoms with van der Waals surface area (Å²) < 4.78 is 0. The fraction of sp³-hybridized carbons (Fsp3) is 0.435. The quantitative estimate of drug-likeness (QED) is 0.0181. The predicted molar refractivity (Wildman–Crippen MR) is 267 cm³/mol. The van der Waals surface area contributed by atoms with Gasteiger partial charge in [0.15, 0.2) is 0 Å². The summed E-state index contributed by atoms with van der Waals surface area (Å²) in [5.74, 6) is -17.9. The number of rotatable bonds is 36. The molecule has 0 aromatic heterocycles. The average molecular weight is 1120 g/mol. The Kier molecular flexibility index (Phi) is 28.2. The van der Waals surface area contributed by atoms with Crippen LogP contribution in [0.15, 0.2) is 60.7 Å². The molecule has 2 rings (SSSR count). The van der Waals surface area contributed by atoms with E-state index in [4.69, 9.17) is 5.11 Å². The van der Waals surface area contributed by atoms with Gasteiger partial charge in [0.25, 0.3) is 0 Å². The number of unbranched alkanes of at least 4 members (excludes halogenated alkanes) is 1. The molecule has 426 valence electrons. The monoisotopic (exact) mass is 1120 g/mol. The van der Waals surface area contributed by atoms with Crippen molar-refractivity contribution in [3.05, 3.63) is 71.8 Å². The Morgan fingerprint density at radius 3 is 1.17 bits per heavy atom. The van der Waals surface area contributed by atoms with Crippen LogP contribution in [0.2, 0.25) is 0 Å². The molecule has 0 aliphatic rings. The topological polar surface area (TPSA) is 501 Å². The highest BCUT2D eigenvalue weighted by atomic mass is 32.1. The highest BCUT2D eigenvalue weighted by molar-refractivity contribution is 7.80. The van der Waals surface area contributed by atoms with Crippen LogP contribution in [0, 0.1) is 0 Å².